The van der Waals surface area contributed by atoms with Crippen molar-refractivity contribution in [2.45, 2.75) is 0 Å². The summed E-state index contributed by atoms with van der Waals surface area (Å²) >= 11 is 0. The summed E-state index contributed by atoms with van der Waals surface area (Å²) in [5.41, 5.74) is 0.841. The molecule has 0 bridgehead atoms. The quantitative estimate of drug-likeness (QED) is 0.876. The molecule has 1 amide bonds. The first-order valence-corrected chi connectivity index (χ1v) is 6.51. The largest absolute Gasteiger partial charge is 0.367 e. The van der Waals surface area contributed by atoms with Crippen molar-refractivity contribution in [3.63, 3.8) is 0 Å². The Morgan fingerprint density at radius 2 is 2.10 bits per heavy atom. The molecule has 6 heteroatoms. The van der Waals surface area contributed by atoms with Crippen LogP contribution < -0.4 is 10.2 Å². The van der Waals surface area contributed by atoms with Crippen LogP contribution in [0.2, 0.25) is 0 Å². The van der Waals surface area contributed by atoms with E-state index in [1.165, 1.54) is 6.07 Å². The second-order valence-corrected chi connectivity index (χ2v) is 4.71. The van der Waals surface area contributed by atoms with Crippen molar-refractivity contribution < 1.29 is 9.18 Å². The number of nitrogens with one attached hydrogen (secondary N) is 1. The predicted octanol–water partition coefficient (Wildman–Crippen LogP) is 0.565. The summed E-state index contributed by atoms with van der Waals surface area (Å²) in [6.45, 7) is 3.14. The van der Waals surface area contributed by atoms with E-state index < -0.39 is 0 Å². The molecule has 0 saturated carbocycles. The van der Waals surface area contributed by atoms with Gasteiger partial charge in [-0.1, -0.05) is 0 Å². The van der Waals surface area contributed by atoms with Gasteiger partial charge in [0.25, 0.3) is 0 Å². The summed E-state index contributed by atoms with van der Waals surface area (Å²) in [6.07, 6.45) is 0. The van der Waals surface area contributed by atoms with Gasteiger partial charge in [0.15, 0.2) is 0 Å². The number of nitriles is 1. The van der Waals surface area contributed by atoms with Crippen molar-refractivity contribution in [1.29, 1.82) is 5.26 Å². The molecule has 5 nitrogen and oxygen atoms in total. The van der Waals surface area contributed by atoms with Crippen LogP contribution in [0.5, 0.6) is 0 Å². The highest BCUT2D eigenvalue weighted by molar-refractivity contribution is 5.77. The zero-order valence-corrected chi connectivity index (χ0v) is 11.4. The fourth-order valence-electron chi connectivity index (χ4n) is 2.26. The standard InChI is InChI=1S/C14H17FN4O/c1-17-14(20)10-18-4-6-19(7-5-18)13-3-2-11(9-16)8-12(13)15/h2-3,8H,4-7,10H2,1H3,(H,17,20). The molecular weight excluding hydrogens is 259 g/mol. The third-order valence-electron chi connectivity index (χ3n) is 3.44. The first kappa shape index (κ1) is 14.3. The van der Waals surface area contributed by atoms with E-state index in [2.05, 4.69) is 5.32 Å². The van der Waals surface area contributed by atoms with E-state index in [0.717, 1.165) is 0 Å². The first-order valence-electron chi connectivity index (χ1n) is 6.51. The molecule has 0 aliphatic carbocycles. The second-order valence-electron chi connectivity index (χ2n) is 4.71. The fraction of sp³-hybridized carbons (Fsp3) is 0.429. The molecule has 1 aromatic rings. The Hall–Kier alpha value is -2.13. The van der Waals surface area contributed by atoms with Gasteiger partial charge in [-0.05, 0) is 18.2 Å². The Bertz CT molecular complexity index is 532. The van der Waals surface area contributed by atoms with Gasteiger partial charge in [-0.25, -0.2) is 4.39 Å². The lowest BCUT2D eigenvalue weighted by Gasteiger charge is -2.35. The molecule has 0 unspecified atom stereocenters. The number of likely N-dealkylation sites (N-methyl/N-ethyl adjacent to an activating group) is 1. The van der Waals surface area contributed by atoms with Crippen LogP contribution in [-0.2, 0) is 4.79 Å². The van der Waals surface area contributed by atoms with Crippen LogP contribution in [0.15, 0.2) is 18.2 Å². The van der Waals surface area contributed by atoms with E-state index in [4.69, 9.17) is 5.26 Å². The maximum atomic E-state index is 13.9. The Morgan fingerprint density at radius 3 is 2.65 bits per heavy atom. The predicted molar refractivity (Wildman–Crippen MR) is 73.8 cm³/mol. The lowest BCUT2D eigenvalue weighted by molar-refractivity contribution is -0.121. The monoisotopic (exact) mass is 276 g/mol. The molecular formula is C14H17FN4O. The number of rotatable bonds is 3. The van der Waals surface area contributed by atoms with Crippen LogP contribution in [0.1, 0.15) is 5.56 Å². The van der Waals surface area contributed by atoms with Gasteiger partial charge < -0.3 is 10.2 Å². The topological polar surface area (TPSA) is 59.4 Å². The Labute approximate surface area is 117 Å². The molecule has 1 fully saturated rings. The number of benzene rings is 1. The highest BCUT2D eigenvalue weighted by Crippen LogP contribution is 2.21. The summed E-state index contributed by atoms with van der Waals surface area (Å²) in [7, 11) is 1.62. The molecule has 0 aromatic heterocycles. The van der Waals surface area contributed by atoms with Gasteiger partial charge in [0, 0.05) is 33.2 Å². The minimum atomic E-state index is -0.371. The van der Waals surface area contributed by atoms with E-state index in [0.29, 0.717) is 44.0 Å². The van der Waals surface area contributed by atoms with Crippen molar-refractivity contribution in [3.05, 3.63) is 29.6 Å². The van der Waals surface area contributed by atoms with Crippen LogP contribution in [-0.4, -0.2) is 50.6 Å². The number of nitrogens with zero attached hydrogens (tertiary/aromatic N) is 3. The van der Waals surface area contributed by atoms with Crippen LogP contribution in [0.3, 0.4) is 0 Å². The Morgan fingerprint density at radius 1 is 1.40 bits per heavy atom. The lowest BCUT2D eigenvalue weighted by Crippen LogP contribution is -2.49. The lowest BCUT2D eigenvalue weighted by atomic mass is 10.2. The van der Waals surface area contributed by atoms with Crippen LogP contribution in [0, 0.1) is 17.1 Å². The van der Waals surface area contributed by atoms with Crippen molar-refractivity contribution in [1.82, 2.24) is 10.2 Å². The first-order chi connectivity index (χ1) is 9.63. The van der Waals surface area contributed by atoms with Gasteiger partial charge in [0.2, 0.25) is 5.91 Å². The Kier molecular flexibility index (Phi) is 4.53. The van der Waals surface area contributed by atoms with Gasteiger partial charge in [0.1, 0.15) is 5.82 Å². The fourth-order valence-corrected chi connectivity index (χ4v) is 2.26. The number of anilines is 1. The molecule has 1 saturated heterocycles. The third-order valence-corrected chi connectivity index (χ3v) is 3.44. The van der Waals surface area contributed by atoms with Gasteiger partial charge in [-0.2, -0.15) is 5.26 Å². The average molecular weight is 276 g/mol. The average Bonchev–Trinajstić information content (AvgIpc) is 2.48. The molecule has 0 spiro atoms. The van der Waals surface area contributed by atoms with Crippen LogP contribution in [0.4, 0.5) is 10.1 Å². The number of carbonyl (C=O) groups excluding carboxylic acids is 1. The minimum absolute atomic E-state index is 0.0111. The smallest absolute Gasteiger partial charge is 0.233 e. The summed E-state index contributed by atoms with van der Waals surface area (Å²) in [6, 6.07) is 6.44. The summed E-state index contributed by atoms with van der Waals surface area (Å²) in [4.78, 5) is 15.3. The molecule has 1 aromatic carbocycles. The van der Waals surface area contributed by atoms with E-state index in [1.54, 1.807) is 19.2 Å². The van der Waals surface area contributed by atoms with Crippen molar-refractivity contribution >= 4 is 11.6 Å². The van der Waals surface area contributed by atoms with Crippen LogP contribution >= 0.6 is 0 Å². The van der Waals surface area contributed by atoms with E-state index in [9.17, 15) is 9.18 Å². The second kappa shape index (κ2) is 6.35. The molecule has 0 atom stereocenters. The van der Waals surface area contributed by atoms with E-state index >= 15 is 0 Å². The summed E-state index contributed by atoms with van der Waals surface area (Å²) in [5, 5.41) is 11.3. The normalized spacial score (nSPS) is 15.8. The number of carbonyl (C=O) groups is 1. The number of amides is 1. The molecule has 0 radical (unpaired) electrons. The van der Waals surface area contributed by atoms with Gasteiger partial charge >= 0.3 is 0 Å². The van der Waals surface area contributed by atoms with Gasteiger partial charge in [0.05, 0.1) is 23.9 Å². The maximum Gasteiger partial charge on any atom is 0.233 e. The van der Waals surface area contributed by atoms with Gasteiger partial charge in [-0.15, -0.1) is 0 Å². The maximum absolute atomic E-state index is 13.9. The number of hydrogen-bond acceptors (Lipinski definition) is 4. The van der Waals surface area contributed by atoms with Crippen molar-refractivity contribution in [3.8, 4) is 6.07 Å². The van der Waals surface area contributed by atoms with Crippen LogP contribution in [0.25, 0.3) is 0 Å². The highest BCUT2D eigenvalue weighted by Gasteiger charge is 2.20. The third kappa shape index (κ3) is 3.25. The zero-order valence-electron chi connectivity index (χ0n) is 11.4. The molecule has 1 aliphatic rings. The molecule has 2 rings (SSSR count). The molecule has 20 heavy (non-hydrogen) atoms. The minimum Gasteiger partial charge on any atom is -0.367 e. The van der Waals surface area contributed by atoms with E-state index in [1.807, 2.05) is 15.9 Å². The molecule has 1 N–H and O–H groups in total. The molecule has 1 aliphatic heterocycles. The number of hydrogen-bond donors (Lipinski definition) is 1. The highest BCUT2D eigenvalue weighted by atomic mass is 19.1. The molecule has 106 valence electrons. The Balaban J connectivity index is 1.97. The van der Waals surface area contributed by atoms with Crippen molar-refractivity contribution in [2.75, 3.05) is 44.7 Å². The zero-order chi connectivity index (χ0) is 14.5. The summed E-state index contributed by atoms with van der Waals surface area (Å²) < 4.78 is 13.9. The summed E-state index contributed by atoms with van der Waals surface area (Å²) in [5.74, 6) is -0.383. The SMILES string of the molecule is CNC(=O)CN1CCN(c2ccc(C#N)cc2F)CC1. The number of piperazine rings is 1. The number of halogens is 1. The molecule has 1 heterocycles. The van der Waals surface area contributed by atoms with Crippen molar-refractivity contribution in [2.24, 2.45) is 0 Å². The van der Waals surface area contributed by atoms with Gasteiger partial charge in [-0.3, -0.25) is 9.69 Å². The van der Waals surface area contributed by atoms with E-state index in [-0.39, 0.29) is 11.7 Å².